The van der Waals surface area contributed by atoms with Crippen LogP contribution >= 0.6 is 12.2 Å². The van der Waals surface area contributed by atoms with Crippen LogP contribution in [0.1, 0.15) is 42.7 Å². The molecule has 0 radical (unpaired) electrons. The number of nitrogens with one attached hydrogen (secondary N) is 1. The van der Waals surface area contributed by atoms with Gasteiger partial charge in [0, 0.05) is 12.2 Å². The summed E-state index contributed by atoms with van der Waals surface area (Å²) in [7, 11) is 4.37. The minimum Gasteiger partial charge on any atom is -0.345 e. The molecule has 2 fully saturated rings. The van der Waals surface area contributed by atoms with Gasteiger partial charge in [-0.15, -0.1) is 0 Å². The van der Waals surface area contributed by atoms with Crippen LogP contribution in [0.5, 0.6) is 0 Å². The number of rotatable bonds is 2. The van der Waals surface area contributed by atoms with E-state index in [1.54, 1.807) is 0 Å². The van der Waals surface area contributed by atoms with E-state index in [4.69, 9.17) is 12.2 Å². The number of aromatic amines is 1. The summed E-state index contributed by atoms with van der Waals surface area (Å²) in [5.41, 5.74) is 1.29. The fourth-order valence-corrected chi connectivity index (χ4v) is 3.06. The molecular weight excluding hydrogens is 256 g/mol. The highest BCUT2D eigenvalue weighted by Crippen LogP contribution is 2.39. The Morgan fingerprint density at radius 1 is 1.32 bits per heavy atom. The number of H-pyrrole nitrogens is 1. The van der Waals surface area contributed by atoms with Crippen molar-refractivity contribution >= 4 is 12.2 Å². The second-order valence-corrected chi connectivity index (χ2v) is 6.36. The number of aromatic nitrogens is 2. The first-order valence-electron chi connectivity index (χ1n) is 7.13. The minimum absolute atomic E-state index is 0.327. The molecule has 0 amide bonds. The second-order valence-electron chi connectivity index (χ2n) is 5.95. The van der Waals surface area contributed by atoms with Crippen LogP contribution in [0.15, 0.2) is 6.07 Å². The highest BCUT2D eigenvalue weighted by molar-refractivity contribution is 7.71. The molecule has 1 aromatic heterocycles. The summed E-state index contributed by atoms with van der Waals surface area (Å²) in [6, 6.07) is 2.37. The maximum atomic E-state index is 5.34. The Morgan fingerprint density at radius 2 is 2.11 bits per heavy atom. The van der Waals surface area contributed by atoms with Gasteiger partial charge in [0.25, 0.3) is 0 Å². The van der Waals surface area contributed by atoms with Crippen molar-refractivity contribution in [1.82, 2.24) is 19.8 Å². The molecule has 5 heteroatoms. The average molecular weight is 278 g/mol. The van der Waals surface area contributed by atoms with Crippen LogP contribution in [0, 0.1) is 4.64 Å². The summed E-state index contributed by atoms with van der Waals surface area (Å²) in [5, 5.41) is 0. The molecule has 1 saturated carbocycles. The maximum Gasteiger partial charge on any atom is 0.130 e. The zero-order valence-corrected chi connectivity index (χ0v) is 12.5. The summed E-state index contributed by atoms with van der Waals surface area (Å²) in [6.45, 7) is 3.29. The fraction of sp³-hybridized carbons (Fsp3) is 0.714. The maximum absolute atomic E-state index is 5.34. The molecule has 1 aliphatic heterocycles. The summed E-state index contributed by atoms with van der Waals surface area (Å²) in [6.07, 6.45) is 3.79. The van der Waals surface area contributed by atoms with Gasteiger partial charge in [0.05, 0.1) is 6.04 Å². The lowest BCUT2D eigenvalue weighted by molar-refractivity contribution is 0.219. The van der Waals surface area contributed by atoms with Crippen LogP contribution in [0.25, 0.3) is 0 Å². The van der Waals surface area contributed by atoms with Crippen LogP contribution in [0.3, 0.4) is 0 Å². The molecule has 4 nitrogen and oxygen atoms in total. The van der Waals surface area contributed by atoms with Gasteiger partial charge in [0.2, 0.25) is 0 Å². The van der Waals surface area contributed by atoms with Gasteiger partial charge in [-0.1, -0.05) is 12.2 Å². The molecule has 2 aliphatic rings. The van der Waals surface area contributed by atoms with Crippen molar-refractivity contribution in [2.75, 3.05) is 33.7 Å². The van der Waals surface area contributed by atoms with Crippen molar-refractivity contribution in [1.29, 1.82) is 0 Å². The largest absolute Gasteiger partial charge is 0.345 e. The third kappa shape index (κ3) is 3.04. The van der Waals surface area contributed by atoms with Gasteiger partial charge >= 0.3 is 0 Å². The highest BCUT2D eigenvalue weighted by atomic mass is 32.1. The van der Waals surface area contributed by atoms with E-state index >= 15 is 0 Å². The SMILES string of the molecule is CN1CCCN(C)C(c2nc(=S)cc(C3CC3)[nH]2)C1. The minimum atomic E-state index is 0.327. The molecule has 1 unspecified atom stereocenters. The Kier molecular flexibility index (Phi) is 3.69. The van der Waals surface area contributed by atoms with Gasteiger partial charge in [-0.3, -0.25) is 4.90 Å². The molecule has 1 aromatic rings. The summed E-state index contributed by atoms with van der Waals surface area (Å²) < 4.78 is 0.732. The fourth-order valence-electron chi connectivity index (χ4n) is 2.83. The lowest BCUT2D eigenvalue weighted by Gasteiger charge is -2.26. The Bertz CT molecular complexity index is 508. The first-order chi connectivity index (χ1) is 9.13. The Balaban J connectivity index is 1.92. The zero-order chi connectivity index (χ0) is 13.4. The first-order valence-corrected chi connectivity index (χ1v) is 7.54. The van der Waals surface area contributed by atoms with E-state index in [0.29, 0.717) is 12.0 Å². The number of likely N-dealkylation sites (N-methyl/N-ethyl adjacent to an activating group) is 2. The molecule has 19 heavy (non-hydrogen) atoms. The lowest BCUT2D eigenvalue weighted by Crippen LogP contribution is -2.32. The molecular formula is C14H22N4S. The van der Waals surface area contributed by atoms with Gasteiger partial charge < -0.3 is 9.88 Å². The van der Waals surface area contributed by atoms with Gasteiger partial charge in [0.1, 0.15) is 10.5 Å². The Labute approximate surface area is 119 Å². The standard InChI is InChI=1S/C14H22N4S/c1-17-6-3-7-18(2)12(9-17)14-15-11(10-4-5-10)8-13(19)16-14/h8,10,12H,3-7,9H2,1-2H3,(H,15,16,19). The molecule has 1 atom stereocenters. The number of hydrogen-bond acceptors (Lipinski definition) is 4. The molecule has 0 spiro atoms. The summed E-state index contributed by atoms with van der Waals surface area (Å²) in [5.74, 6) is 1.74. The van der Waals surface area contributed by atoms with Crippen molar-refractivity contribution < 1.29 is 0 Å². The van der Waals surface area contributed by atoms with E-state index in [-0.39, 0.29) is 0 Å². The molecule has 1 saturated heterocycles. The predicted octanol–water partition coefficient (Wildman–Crippen LogP) is 2.32. The summed E-state index contributed by atoms with van der Waals surface area (Å²) in [4.78, 5) is 12.9. The average Bonchev–Trinajstić information content (AvgIpc) is 3.18. The smallest absolute Gasteiger partial charge is 0.130 e. The van der Waals surface area contributed by atoms with Crippen LogP contribution in [-0.4, -0.2) is 53.5 Å². The van der Waals surface area contributed by atoms with Crippen LogP contribution in [0.4, 0.5) is 0 Å². The van der Waals surface area contributed by atoms with Crippen molar-refractivity contribution in [2.24, 2.45) is 0 Å². The van der Waals surface area contributed by atoms with E-state index in [9.17, 15) is 0 Å². The molecule has 104 valence electrons. The molecule has 2 heterocycles. The molecule has 0 bridgehead atoms. The number of hydrogen-bond donors (Lipinski definition) is 1. The van der Waals surface area contributed by atoms with Gasteiger partial charge in [-0.2, -0.15) is 0 Å². The van der Waals surface area contributed by atoms with Crippen molar-refractivity contribution in [2.45, 2.75) is 31.2 Å². The van der Waals surface area contributed by atoms with E-state index in [0.717, 1.165) is 30.1 Å². The molecule has 1 aliphatic carbocycles. The van der Waals surface area contributed by atoms with E-state index in [1.807, 2.05) is 6.07 Å². The van der Waals surface area contributed by atoms with Crippen molar-refractivity contribution in [3.63, 3.8) is 0 Å². The van der Waals surface area contributed by atoms with Crippen LogP contribution in [-0.2, 0) is 0 Å². The third-order valence-corrected chi connectivity index (χ3v) is 4.39. The highest BCUT2D eigenvalue weighted by Gasteiger charge is 2.28. The predicted molar refractivity (Wildman–Crippen MR) is 78.9 cm³/mol. The van der Waals surface area contributed by atoms with Crippen LogP contribution < -0.4 is 0 Å². The Hall–Kier alpha value is -0.780. The van der Waals surface area contributed by atoms with E-state index in [1.165, 1.54) is 25.0 Å². The topological polar surface area (TPSA) is 35.2 Å². The van der Waals surface area contributed by atoms with Crippen LogP contribution in [0.2, 0.25) is 0 Å². The normalized spacial score (nSPS) is 26.3. The third-order valence-electron chi connectivity index (χ3n) is 4.18. The molecule has 3 rings (SSSR count). The monoisotopic (exact) mass is 278 g/mol. The summed E-state index contributed by atoms with van der Waals surface area (Å²) >= 11 is 5.34. The quantitative estimate of drug-likeness (QED) is 0.842. The molecule has 0 aromatic carbocycles. The zero-order valence-electron chi connectivity index (χ0n) is 11.7. The molecule has 1 N–H and O–H groups in total. The lowest BCUT2D eigenvalue weighted by atomic mass is 10.2. The van der Waals surface area contributed by atoms with Gasteiger partial charge in [-0.25, -0.2) is 4.98 Å². The van der Waals surface area contributed by atoms with Crippen molar-refractivity contribution in [3.8, 4) is 0 Å². The Morgan fingerprint density at radius 3 is 2.84 bits per heavy atom. The number of nitrogens with zero attached hydrogens (tertiary/aromatic N) is 3. The van der Waals surface area contributed by atoms with Gasteiger partial charge in [0.15, 0.2) is 0 Å². The van der Waals surface area contributed by atoms with E-state index < -0.39 is 0 Å². The van der Waals surface area contributed by atoms with Gasteiger partial charge in [-0.05, 0) is 58.4 Å². The van der Waals surface area contributed by atoms with Crippen molar-refractivity contribution in [3.05, 3.63) is 22.2 Å². The first kappa shape index (κ1) is 13.2. The second kappa shape index (κ2) is 5.31. The van der Waals surface area contributed by atoms with E-state index in [2.05, 4.69) is 33.9 Å².